The molecule has 0 spiro atoms. The van der Waals surface area contributed by atoms with E-state index in [9.17, 15) is 14.9 Å². The predicted molar refractivity (Wildman–Crippen MR) is 77.4 cm³/mol. The van der Waals surface area contributed by atoms with Crippen LogP contribution in [0.4, 0.5) is 5.69 Å². The summed E-state index contributed by atoms with van der Waals surface area (Å²) in [6.45, 7) is 0. The summed E-state index contributed by atoms with van der Waals surface area (Å²) in [5, 5.41) is 20.1. The molecule has 0 aliphatic heterocycles. The van der Waals surface area contributed by atoms with E-state index in [4.69, 9.17) is 10.00 Å². The Bertz CT molecular complexity index is 768. The average molecular weight is 347 g/mol. The number of ether oxygens (including phenoxy) is 1. The summed E-state index contributed by atoms with van der Waals surface area (Å²) in [5.74, 6) is 0.135. The third kappa shape index (κ3) is 3.07. The summed E-state index contributed by atoms with van der Waals surface area (Å²) < 4.78 is 5.89. The molecule has 0 unspecified atom stereocenters. The van der Waals surface area contributed by atoms with Crippen LogP contribution in [-0.4, -0.2) is 11.2 Å². The first-order valence-electron chi connectivity index (χ1n) is 5.67. The van der Waals surface area contributed by atoms with Crippen molar-refractivity contribution in [2.75, 3.05) is 0 Å². The van der Waals surface area contributed by atoms with Crippen LogP contribution in [0.15, 0.2) is 40.9 Å². The lowest BCUT2D eigenvalue weighted by Crippen LogP contribution is -1.96. The Hall–Kier alpha value is -2.72. The lowest BCUT2D eigenvalue weighted by molar-refractivity contribution is -0.385. The molecule has 0 aromatic heterocycles. The highest BCUT2D eigenvalue weighted by molar-refractivity contribution is 9.10. The molecule has 7 heteroatoms. The fourth-order valence-corrected chi connectivity index (χ4v) is 2.09. The molecule has 2 aromatic carbocycles. The highest BCUT2D eigenvalue weighted by Crippen LogP contribution is 2.38. The van der Waals surface area contributed by atoms with Gasteiger partial charge in [0.1, 0.15) is 18.1 Å². The fraction of sp³-hybridized carbons (Fsp3) is 0. The minimum Gasteiger partial charge on any atom is -0.448 e. The number of halogens is 1. The quantitative estimate of drug-likeness (QED) is 0.476. The number of nitriles is 1. The molecule has 2 rings (SSSR count). The summed E-state index contributed by atoms with van der Waals surface area (Å²) in [7, 11) is 0. The van der Waals surface area contributed by atoms with E-state index in [1.807, 2.05) is 6.07 Å². The second-order valence-corrected chi connectivity index (χ2v) is 4.79. The van der Waals surface area contributed by atoms with Gasteiger partial charge < -0.3 is 4.74 Å². The van der Waals surface area contributed by atoms with E-state index in [1.54, 1.807) is 6.07 Å². The second kappa shape index (κ2) is 6.15. The maximum atomic E-state index is 11.0. The lowest BCUT2D eigenvalue weighted by atomic mass is 10.1. The number of aldehydes is 1. The SMILES string of the molecule is N#Cc1cc(C=O)ccc1Oc1c(Br)cccc1[N+](=O)[O-]. The summed E-state index contributed by atoms with van der Waals surface area (Å²) in [6, 6.07) is 10.5. The molecule has 0 fully saturated rings. The van der Waals surface area contributed by atoms with Crippen LogP contribution in [0.5, 0.6) is 11.5 Å². The maximum Gasteiger partial charge on any atom is 0.312 e. The summed E-state index contributed by atoms with van der Waals surface area (Å²) >= 11 is 3.18. The van der Waals surface area contributed by atoms with Crippen LogP contribution in [0, 0.1) is 21.4 Å². The Morgan fingerprint density at radius 1 is 1.33 bits per heavy atom. The molecule has 21 heavy (non-hydrogen) atoms. The van der Waals surface area contributed by atoms with Crippen LogP contribution in [0.25, 0.3) is 0 Å². The van der Waals surface area contributed by atoms with Gasteiger partial charge in [-0.2, -0.15) is 5.26 Å². The molecule has 0 aliphatic rings. The van der Waals surface area contributed by atoms with Crippen LogP contribution in [0.3, 0.4) is 0 Å². The molecule has 2 aromatic rings. The molecule has 6 nitrogen and oxygen atoms in total. The minimum atomic E-state index is -0.577. The van der Waals surface area contributed by atoms with Gasteiger partial charge in [0.25, 0.3) is 0 Å². The van der Waals surface area contributed by atoms with Gasteiger partial charge in [-0.1, -0.05) is 6.07 Å². The number of hydrogen-bond acceptors (Lipinski definition) is 5. The monoisotopic (exact) mass is 346 g/mol. The highest BCUT2D eigenvalue weighted by Gasteiger charge is 2.20. The van der Waals surface area contributed by atoms with Gasteiger partial charge in [-0.15, -0.1) is 0 Å². The zero-order valence-electron chi connectivity index (χ0n) is 10.4. The first-order valence-corrected chi connectivity index (χ1v) is 6.46. The smallest absolute Gasteiger partial charge is 0.312 e. The number of nitro benzene ring substituents is 1. The molecule has 0 atom stereocenters. The van der Waals surface area contributed by atoms with E-state index < -0.39 is 4.92 Å². The van der Waals surface area contributed by atoms with E-state index in [-0.39, 0.29) is 22.7 Å². The Labute approximate surface area is 127 Å². The predicted octanol–water partition coefficient (Wildman–Crippen LogP) is 3.83. The first kappa shape index (κ1) is 14.7. The van der Waals surface area contributed by atoms with Crippen LogP contribution in [0.1, 0.15) is 15.9 Å². The Balaban J connectivity index is 2.51. The first-order chi connectivity index (χ1) is 10.1. The molecular weight excluding hydrogens is 340 g/mol. The number of benzene rings is 2. The van der Waals surface area contributed by atoms with Gasteiger partial charge in [-0.25, -0.2) is 0 Å². The number of hydrogen-bond donors (Lipinski definition) is 0. The third-order valence-corrected chi connectivity index (χ3v) is 3.24. The largest absolute Gasteiger partial charge is 0.448 e. The van der Waals surface area contributed by atoms with Crippen molar-refractivity contribution in [3.63, 3.8) is 0 Å². The zero-order valence-corrected chi connectivity index (χ0v) is 12.0. The molecule has 0 aliphatic carbocycles. The van der Waals surface area contributed by atoms with Crippen molar-refractivity contribution < 1.29 is 14.5 Å². The van der Waals surface area contributed by atoms with Gasteiger partial charge in [-0.3, -0.25) is 14.9 Å². The van der Waals surface area contributed by atoms with Crippen molar-refractivity contribution in [1.82, 2.24) is 0 Å². The van der Waals surface area contributed by atoms with Gasteiger partial charge in [0, 0.05) is 11.6 Å². The van der Waals surface area contributed by atoms with Crippen molar-refractivity contribution in [2.45, 2.75) is 0 Å². The number of rotatable bonds is 4. The molecule has 0 radical (unpaired) electrons. The van der Waals surface area contributed by atoms with E-state index in [0.717, 1.165) is 0 Å². The van der Waals surface area contributed by atoms with Crippen molar-refractivity contribution in [3.8, 4) is 17.6 Å². The average Bonchev–Trinajstić information content (AvgIpc) is 2.49. The lowest BCUT2D eigenvalue weighted by Gasteiger charge is -2.09. The molecule has 0 amide bonds. The number of carbonyl (C=O) groups is 1. The molecule has 0 bridgehead atoms. The molecule has 0 N–H and O–H groups in total. The van der Waals surface area contributed by atoms with Gasteiger partial charge in [0.15, 0.2) is 0 Å². The van der Waals surface area contributed by atoms with Crippen LogP contribution in [0.2, 0.25) is 0 Å². The topological polar surface area (TPSA) is 93.2 Å². The van der Waals surface area contributed by atoms with Crippen molar-refractivity contribution >= 4 is 27.9 Å². The molecule has 0 saturated heterocycles. The molecule has 0 saturated carbocycles. The second-order valence-electron chi connectivity index (χ2n) is 3.93. The van der Waals surface area contributed by atoms with Crippen LogP contribution in [-0.2, 0) is 0 Å². The van der Waals surface area contributed by atoms with Crippen LogP contribution < -0.4 is 4.74 Å². The van der Waals surface area contributed by atoms with E-state index >= 15 is 0 Å². The van der Waals surface area contributed by atoms with Crippen LogP contribution >= 0.6 is 15.9 Å². The minimum absolute atomic E-state index is 0.00199. The van der Waals surface area contributed by atoms with E-state index in [1.165, 1.54) is 30.3 Å². The molecular formula is C14H7BrN2O4. The number of nitrogens with zero attached hydrogens (tertiary/aromatic N) is 2. The summed E-state index contributed by atoms with van der Waals surface area (Å²) in [6.07, 6.45) is 0.603. The van der Waals surface area contributed by atoms with Gasteiger partial charge >= 0.3 is 5.69 Å². The van der Waals surface area contributed by atoms with E-state index in [0.29, 0.717) is 16.3 Å². The Kier molecular flexibility index (Phi) is 4.30. The molecule has 104 valence electrons. The Morgan fingerprint density at radius 2 is 2.10 bits per heavy atom. The van der Waals surface area contributed by atoms with E-state index in [2.05, 4.69) is 15.9 Å². The number of carbonyl (C=O) groups excluding carboxylic acids is 1. The standard InChI is InChI=1S/C14H7BrN2O4/c15-11-2-1-3-12(17(19)20)14(11)21-13-5-4-9(8-18)6-10(13)7-16/h1-6,8H. The summed E-state index contributed by atoms with van der Waals surface area (Å²) in [5.41, 5.74) is 0.206. The zero-order chi connectivity index (χ0) is 15.4. The third-order valence-electron chi connectivity index (χ3n) is 2.62. The Morgan fingerprint density at radius 3 is 2.71 bits per heavy atom. The fourth-order valence-electron chi connectivity index (χ4n) is 1.65. The van der Waals surface area contributed by atoms with Crippen molar-refractivity contribution in [1.29, 1.82) is 5.26 Å². The highest BCUT2D eigenvalue weighted by atomic mass is 79.9. The maximum absolute atomic E-state index is 11.0. The van der Waals surface area contributed by atoms with Gasteiger partial charge in [0.2, 0.25) is 5.75 Å². The number of nitro groups is 1. The van der Waals surface area contributed by atoms with Crippen molar-refractivity contribution in [2.24, 2.45) is 0 Å². The van der Waals surface area contributed by atoms with Crippen molar-refractivity contribution in [3.05, 3.63) is 62.1 Å². The van der Waals surface area contributed by atoms with Gasteiger partial charge in [0.05, 0.1) is 15.0 Å². The number of para-hydroxylation sites is 1. The molecule has 0 heterocycles. The normalized spacial score (nSPS) is 9.71. The van der Waals surface area contributed by atoms with Gasteiger partial charge in [-0.05, 0) is 40.2 Å². The summed E-state index contributed by atoms with van der Waals surface area (Å²) in [4.78, 5) is 21.1.